The topological polar surface area (TPSA) is 86.8 Å². The lowest BCUT2D eigenvalue weighted by Gasteiger charge is -2.38. The van der Waals surface area contributed by atoms with Crippen LogP contribution in [0.15, 0.2) is 12.1 Å². The molecule has 1 saturated heterocycles. The van der Waals surface area contributed by atoms with Crippen molar-refractivity contribution in [2.75, 3.05) is 23.7 Å². The van der Waals surface area contributed by atoms with Crippen LogP contribution in [-0.4, -0.2) is 34.9 Å². The maximum Gasteiger partial charge on any atom is 0.338 e. The van der Waals surface area contributed by atoms with Crippen LogP contribution in [-0.2, 0) is 0 Å². The Labute approximate surface area is 110 Å². The highest BCUT2D eigenvalue weighted by Gasteiger charge is 2.30. The van der Waals surface area contributed by atoms with E-state index in [-0.39, 0.29) is 5.69 Å². The van der Waals surface area contributed by atoms with Gasteiger partial charge in [0.25, 0.3) is 0 Å². The van der Waals surface area contributed by atoms with E-state index in [0.717, 1.165) is 18.6 Å². The zero-order valence-corrected chi connectivity index (χ0v) is 10.7. The van der Waals surface area contributed by atoms with Crippen molar-refractivity contribution >= 4 is 17.3 Å². The fourth-order valence-electron chi connectivity index (χ4n) is 2.44. The van der Waals surface area contributed by atoms with Crippen molar-refractivity contribution in [3.05, 3.63) is 23.5 Å². The number of β-amino-alcohol motifs (C(OH)–C–C–N with tert-alkyl or cyclic N) is 1. The predicted molar refractivity (Wildman–Crippen MR) is 69.8 cm³/mol. The lowest BCUT2D eigenvalue weighted by Crippen LogP contribution is -2.46. The molecule has 1 aliphatic rings. The summed E-state index contributed by atoms with van der Waals surface area (Å²) in [7, 11) is 0. The molecular formula is C13H17FN2O3. The summed E-state index contributed by atoms with van der Waals surface area (Å²) in [6.07, 6.45) is 1.45. The monoisotopic (exact) mass is 268 g/mol. The highest BCUT2D eigenvalue weighted by Crippen LogP contribution is 2.31. The maximum absolute atomic E-state index is 13.7. The maximum atomic E-state index is 13.7. The van der Waals surface area contributed by atoms with Crippen LogP contribution >= 0.6 is 0 Å². The van der Waals surface area contributed by atoms with Crippen LogP contribution < -0.4 is 10.6 Å². The van der Waals surface area contributed by atoms with Crippen molar-refractivity contribution in [3.8, 4) is 0 Å². The summed E-state index contributed by atoms with van der Waals surface area (Å²) >= 11 is 0. The molecule has 1 atom stereocenters. The van der Waals surface area contributed by atoms with Gasteiger partial charge in [0.1, 0.15) is 5.82 Å². The molecule has 1 fully saturated rings. The molecule has 1 aliphatic heterocycles. The van der Waals surface area contributed by atoms with E-state index < -0.39 is 23.0 Å². The summed E-state index contributed by atoms with van der Waals surface area (Å²) in [5, 5.41) is 18.9. The number of carbonyl (C=O) groups is 1. The summed E-state index contributed by atoms with van der Waals surface area (Å²) in [4.78, 5) is 12.6. The number of aliphatic hydroxyl groups is 1. The second kappa shape index (κ2) is 4.70. The van der Waals surface area contributed by atoms with E-state index in [2.05, 4.69) is 0 Å². The average molecular weight is 268 g/mol. The van der Waals surface area contributed by atoms with Crippen molar-refractivity contribution in [2.45, 2.75) is 25.4 Å². The Morgan fingerprint density at radius 2 is 2.21 bits per heavy atom. The van der Waals surface area contributed by atoms with Crippen molar-refractivity contribution in [3.63, 3.8) is 0 Å². The molecular weight excluding hydrogens is 251 g/mol. The third-order valence-corrected chi connectivity index (χ3v) is 3.36. The zero-order valence-electron chi connectivity index (χ0n) is 10.7. The number of benzene rings is 1. The van der Waals surface area contributed by atoms with Gasteiger partial charge in [-0.2, -0.15) is 0 Å². The second-order valence-corrected chi connectivity index (χ2v) is 5.22. The third kappa shape index (κ3) is 2.78. The molecule has 0 aliphatic carbocycles. The first-order chi connectivity index (χ1) is 8.80. The summed E-state index contributed by atoms with van der Waals surface area (Å²) < 4.78 is 13.7. The van der Waals surface area contributed by atoms with Gasteiger partial charge in [-0.15, -0.1) is 0 Å². The molecule has 0 aromatic heterocycles. The minimum atomic E-state index is -1.35. The third-order valence-electron chi connectivity index (χ3n) is 3.36. The van der Waals surface area contributed by atoms with E-state index in [4.69, 9.17) is 10.8 Å². The number of aromatic carboxylic acids is 1. The standard InChI is InChI=1S/C13H17FN2O3/c1-13(19)3-2-4-16(7-13)11-6-9(14)8(12(17)18)5-10(11)15/h5-6,19H,2-4,7,15H2,1H3,(H,17,18). The van der Waals surface area contributed by atoms with Gasteiger partial charge in [-0.25, -0.2) is 9.18 Å². The lowest BCUT2D eigenvalue weighted by molar-refractivity contribution is 0.0449. The second-order valence-electron chi connectivity index (χ2n) is 5.22. The Balaban J connectivity index is 2.35. The van der Waals surface area contributed by atoms with Gasteiger partial charge in [0.05, 0.1) is 22.5 Å². The molecule has 1 unspecified atom stereocenters. The van der Waals surface area contributed by atoms with Crippen LogP contribution in [0, 0.1) is 5.82 Å². The molecule has 6 heteroatoms. The number of nitrogen functional groups attached to an aromatic ring is 1. The van der Waals surface area contributed by atoms with Crippen molar-refractivity contribution in [1.82, 2.24) is 0 Å². The Bertz CT molecular complexity index is 517. The highest BCUT2D eigenvalue weighted by molar-refractivity contribution is 5.91. The Hall–Kier alpha value is -1.82. The van der Waals surface area contributed by atoms with Gasteiger partial charge >= 0.3 is 5.97 Å². The normalized spacial score (nSPS) is 23.4. The van der Waals surface area contributed by atoms with Crippen LogP contribution in [0.3, 0.4) is 0 Å². The molecule has 2 rings (SSSR count). The molecule has 0 spiro atoms. The SMILES string of the molecule is CC1(O)CCCN(c2cc(F)c(C(=O)O)cc2N)C1. The van der Waals surface area contributed by atoms with E-state index in [1.807, 2.05) is 0 Å². The fourth-order valence-corrected chi connectivity index (χ4v) is 2.44. The number of hydrogen-bond acceptors (Lipinski definition) is 4. The number of carboxylic acids is 1. The van der Waals surface area contributed by atoms with Crippen LogP contribution in [0.25, 0.3) is 0 Å². The van der Waals surface area contributed by atoms with Gasteiger partial charge in [-0.05, 0) is 25.8 Å². The van der Waals surface area contributed by atoms with Crippen LogP contribution in [0.4, 0.5) is 15.8 Å². The molecule has 4 N–H and O–H groups in total. The van der Waals surface area contributed by atoms with Crippen LogP contribution in [0.5, 0.6) is 0 Å². The Kier molecular flexibility index (Phi) is 3.36. The number of rotatable bonds is 2. The molecule has 1 heterocycles. The molecule has 0 radical (unpaired) electrons. The number of nitrogens with zero attached hydrogens (tertiary/aromatic N) is 1. The number of carboxylic acid groups (broad SMARTS) is 1. The number of anilines is 2. The molecule has 0 amide bonds. The van der Waals surface area contributed by atoms with Crippen LogP contribution in [0.2, 0.25) is 0 Å². The first-order valence-electron chi connectivity index (χ1n) is 6.10. The summed E-state index contributed by atoms with van der Waals surface area (Å²) in [5.74, 6) is -2.16. The first kappa shape index (κ1) is 13.6. The summed E-state index contributed by atoms with van der Waals surface area (Å²) in [6, 6.07) is 2.25. The molecule has 1 aromatic rings. The number of piperidine rings is 1. The van der Waals surface area contributed by atoms with Gasteiger partial charge < -0.3 is 20.8 Å². The Morgan fingerprint density at radius 3 is 2.79 bits per heavy atom. The molecule has 1 aromatic carbocycles. The number of hydrogen-bond donors (Lipinski definition) is 3. The van der Waals surface area contributed by atoms with E-state index >= 15 is 0 Å². The minimum Gasteiger partial charge on any atom is -0.478 e. The van der Waals surface area contributed by atoms with E-state index in [1.165, 1.54) is 0 Å². The van der Waals surface area contributed by atoms with E-state index in [0.29, 0.717) is 25.2 Å². The van der Waals surface area contributed by atoms with Crippen molar-refractivity contribution < 1.29 is 19.4 Å². The van der Waals surface area contributed by atoms with Crippen molar-refractivity contribution in [1.29, 1.82) is 0 Å². The summed E-state index contributed by atoms with van der Waals surface area (Å²) in [6.45, 7) is 2.73. The molecule has 0 saturated carbocycles. The quantitative estimate of drug-likeness (QED) is 0.707. The minimum absolute atomic E-state index is 0.205. The molecule has 19 heavy (non-hydrogen) atoms. The van der Waals surface area contributed by atoms with E-state index in [9.17, 15) is 14.3 Å². The van der Waals surface area contributed by atoms with E-state index in [1.54, 1.807) is 11.8 Å². The largest absolute Gasteiger partial charge is 0.478 e. The fraction of sp³-hybridized carbons (Fsp3) is 0.462. The summed E-state index contributed by atoms with van der Waals surface area (Å²) in [5.41, 5.74) is 5.15. The van der Waals surface area contributed by atoms with Crippen LogP contribution in [0.1, 0.15) is 30.1 Å². The molecule has 5 nitrogen and oxygen atoms in total. The first-order valence-corrected chi connectivity index (χ1v) is 6.10. The van der Waals surface area contributed by atoms with Gasteiger partial charge in [0.2, 0.25) is 0 Å². The van der Waals surface area contributed by atoms with Gasteiger partial charge in [-0.1, -0.05) is 0 Å². The number of halogens is 1. The van der Waals surface area contributed by atoms with Gasteiger partial charge in [-0.3, -0.25) is 0 Å². The predicted octanol–water partition coefficient (Wildman–Crippen LogP) is 1.46. The van der Waals surface area contributed by atoms with Crippen molar-refractivity contribution in [2.24, 2.45) is 0 Å². The van der Waals surface area contributed by atoms with Gasteiger partial charge in [0.15, 0.2) is 0 Å². The molecule has 104 valence electrons. The Morgan fingerprint density at radius 1 is 1.53 bits per heavy atom. The smallest absolute Gasteiger partial charge is 0.338 e. The zero-order chi connectivity index (χ0) is 14.2. The highest BCUT2D eigenvalue weighted by atomic mass is 19.1. The number of nitrogens with two attached hydrogens (primary N) is 1. The lowest BCUT2D eigenvalue weighted by atomic mass is 9.94. The van der Waals surface area contributed by atoms with Gasteiger partial charge in [0, 0.05) is 19.2 Å². The molecule has 0 bridgehead atoms. The average Bonchev–Trinajstić information content (AvgIpc) is 2.30.